The summed E-state index contributed by atoms with van der Waals surface area (Å²) < 4.78 is 5.22. The minimum atomic E-state index is -0.305. The van der Waals surface area contributed by atoms with Crippen LogP contribution in [0.15, 0.2) is 42.5 Å². The van der Waals surface area contributed by atoms with Gasteiger partial charge in [-0.2, -0.15) is 5.10 Å². The SMILES string of the molecule is COc1ccc2[nH]nc(C(=O)Nc3ccc(CC(=O)N4CCCC4)cc3)c2c1. The van der Waals surface area contributed by atoms with Gasteiger partial charge in [-0.1, -0.05) is 12.1 Å². The number of hydrogen-bond donors (Lipinski definition) is 2. The van der Waals surface area contributed by atoms with Gasteiger partial charge in [-0.15, -0.1) is 0 Å². The first-order valence-corrected chi connectivity index (χ1v) is 9.34. The van der Waals surface area contributed by atoms with Gasteiger partial charge in [0.25, 0.3) is 5.91 Å². The molecular weight excluding hydrogens is 356 g/mol. The highest BCUT2D eigenvalue weighted by atomic mass is 16.5. The second-order valence-corrected chi connectivity index (χ2v) is 6.90. The third-order valence-electron chi connectivity index (χ3n) is 5.01. The third-order valence-corrected chi connectivity index (χ3v) is 5.01. The maximum atomic E-state index is 12.6. The molecule has 0 unspecified atom stereocenters. The molecule has 4 rings (SSSR count). The third kappa shape index (κ3) is 3.69. The van der Waals surface area contributed by atoms with E-state index < -0.39 is 0 Å². The van der Waals surface area contributed by atoms with Crippen molar-refractivity contribution in [2.24, 2.45) is 0 Å². The van der Waals surface area contributed by atoms with Crippen molar-refractivity contribution in [3.05, 3.63) is 53.7 Å². The van der Waals surface area contributed by atoms with Crippen molar-refractivity contribution in [1.82, 2.24) is 15.1 Å². The predicted octanol–water partition coefficient (Wildman–Crippen LogP) is 2.99. The minimum Gasteiger partial charge on any atom is -0.497 e. The number of fused-ring (bicyclic) bond motifs is 1. The molecule has 1 aliphatic rings. The molecule has 0 atom stereocenters. The number of ether oxygens (including phenoxy) is 1. The number of methoxy groups -OCH3 is 1. The van der Waals surface area contributed by atoms with Gasteiger partial charge in [-0.3, -0.25) is 14.7 Å². The van der Waals surface area contributed by atoms with E-state index in [0.717, 1.165) is 37.0 Å². The highest BCUT2D eigenvalue weighted by molar-refractivity contribution is 6.11. The van der Waals surface area contributed by atoms with Gasteiger partial charge in [-0.05, 0) is 48.7 Å². The van der Waals surface area contributed by atoms with Crippen LogP contribution >= 0.6 is 0 Å². The largest absolute Gasteiger partial charge is 0.497 e. The Kier molecular flexibility index (Phi) is 4.97. The zero-order valence-electron chi connectivity index (χ0n) is 15.7. The van der Waals surface area contributed by atoms with Crippen LogP contribution in [-0.4, -0.2) is 47.1 Å². The van der Waals surface area contributed by atoms with E-state index in [1.165, 1.54) is 0 Å². The standard InChI is InChI=1S/C21H22N4O3/c1-28-16-8-9-18-17(13-16)20(24-23-18)21(27)22-15-6-4-14(5-7-15)12-19(26)25-10-2-3-11-25/h4-9,13H,2-3,10-12H2,1H3,(H,22,27)(H,23,24). The van der Waals surface area contributed by atoms with E-state index in [1.54, 1.807) is 25.3 Å². The number of carbonyl (C=O) groups is 2. The van der Waals surface area contributed by atoms with Crippen LogP contribution < -0.4 is 10.1 Å². The first-order valence-electron chi connectivity index (χ1n) is 9.34. The van der Waals surface area contributed by atoms with Crippen molar-refractivity contribution in [3.8, 4) is 5.75 Å². The number of aromatic amines is 1. The molecule has 1 aromatic heterocycles. The van der Waals surface area contributed by atoms with E-state index in [-0.39, 0.29) is 11.8 Å². The highest BCUT2D eigenvalue weighted by Gasteiger charge is 2.18. The van der Waals surface area contributed by atoms with Gasteiger partial charge in [0.05, 0.1) is 19.0 Å². The quantitative estimate of drug-likeness (QED) is 0.714. The Hall–Kier alpha value is -3.35. The fourth-order valence-corrected chi connectivity index (χ4v) is 3.44. The summed E-state index contributed by atoms with van der Waals surface area (Å²) in [6.45, 7) is 1.71. The molecule has 28 heavy (non-hydrogen) atoms. The lowest BCUT2D eigenvalue weighted by atomic mass is 10.1. The van der Waals surface area contributed by atoms with Crippen LogP contribution in [0.3, 0.4) is 0 Å². The number of hydrogen-bond acceptors (Lipinski definition) is 4. The van der Waals surface area contributed by atoms with Crippen molar-refractivity contribution in [2.75, 3.05) is 25.5 Å². The van der Waals surface area contributed by atoms with Crippen LogP contribution in [0.1, 0.15) is 28.9 Å². The van der Waals surface area contributed by atoms with Crippen molar-refractivity contribution in [2.45, 2.75) is 19.3 Å². The average molecular weight is 378 g/mol. The van der Waals surface area contributed by atoms with Gasteiger partial charge in [0.1, 0.15) is 5.75 Å². The van der Waals surface area contributed by atoms with Gasteiger partial charge in [0.15, 0.2) is 5.69 Å². The molecule has 2 N–H and O–H groups in total. The van der Waals surface area contributed by atoms with Crippen molar-refractivity contribution in [1.29, 1.82) is 0 Å². The maximum absolute atomic E-state index is 12.6. The van der Waals surface area contributed by atoms with Crippen LogP contribution in [0.25, 0.3) is 10.9 Å². The van der Waals surface area contributed by atoms with Gasteiger partial charge in [-0.25, -0.2) is 0 Å². The van der Waals surface area contributed by atoms with E-state index in [0.29, 0.717) is 28.9 Å². The number of aromatic nitrogens is 2. The Bertz CT molecular complexity index is 1000. The summed E-state index contributed by atoms with van der Waals surface area (Å²) in [6, 6.07) is 12.8. The molecule has 0 spiro atoms. The maximum Gasteiger partial charge on any atom is 0.276 e. The monoisotopic (exact) mass is 378 g/mol. The van der Waals surface area contributed by atoms with Crippen LogP contribution in [0.2, 0.25) is 0 Å². The summed E-state index contributed by atoms with van der Waals surface area (Å²) in [4.78, 5) is 26.8. The fraction of sp³-hybridized carbons (Fsp3) is 0.286. The van der Waals surface area contributed by atoms with E-state index in [9.17, 15) is 9.59 Å². The number of rotatable bonds is 5. The van der Waals surface area contributed by atoms with Crippen molar-refractivity contribution >= 4 is 28.4 Å². The summed E-state index contributed by atoms with van der Waals surface area (Å²) >= 11 is 0. The van der Waals surface area contributed by atoms with Crippen LogP contribution in [0, 0.1) is 0 Å². The lowest BCUT2D eigenvalue weighted by molar-refractivity contribution is -0.129. The van der Waals surface area contributed by atoms with Crippen molar-refractivity contribution < 1.29 is 14.3 Å². The molecule has 2 amide bonds. The molecule has 0 saturated carbocycles. The second-order valence-electron chi connectivity index (χ2n) is 6.90. The van der Waals surface area contributed by atoms with Gasteiger partial charge in [0, 0.05) is 24.2 Å². The molecular formula is C21H22N4O3. The summed E-state index contributed by atoms with van der Waals surface area (Å²) in [5.74, 6) is 0.515. The van der Waals surface area contributed by atoms with Gasteiger partial charge < -0.3 is 15.0 Å². The Morgan fingerprint density at radius 3 is 2.61 bits per heavy atom. The smallest absolute Gasteiger partial charge is 0.276 e. The molecule has 2 aromatic carbocycles. The summed E-state index contributed by atoms with van der Waals surface area (Å²) in [6.07, 6.45) is 2.56. The lowest BCUT2D eigenvalue weighted by Gasteiger charge is -2.15. The minimum absolute atomic E-state index is 0.159. The summed E-state index contributed by atoms with van der Waals surface area (Å²) in [5.41, 5.74) is 2.66. The molecule has 3 aromatic rings. The number of nitrogens with one attached hydrogen (secondary N) is 2. The number of benzene rings is 2. The fourth-order valence-electron chi connectivity index (χ4n) is 3.44. The zero-order valence-corrected chi connectivity index (χ0v) is 15.7. The van der Waals surface area contributed by atoms with Gasteiger partial charge >= 0.3 is 0 Å². The molecule has 0 bridgehead atoms. The number of likely N-dealkylation sites (tertiary alicyclic amines) is 1. The normalized spacial score (nSPS) is 13.7. The van der Waals surface area contributed by atoms with Crippen LogP contribution in [0.4, 0.5) is 5.69 Å². The zero-order chi connectivity index (χ0) is 19.5. The average Bonchev–Trinajstić information content (AvgIpc) is 3.39. The van der Waals surface area contributed by atoms with Gasteiger partial charge in [0.2, 0.25) is 5.91 Å². The van der Waals surface area contributed by atoms with Crippen molar-refractivity contribution in [3.63, 3.8) is 0 Å². The van der Waals surface area contributed by atoms with E-state index in [1.807, 2.05) is 29.2 Å². The summed E-state index contributed by atoms with van der Waals surface area (Å²) in [5, 5.41) is 10.5. The predicted molar refractivity (Wildman–Crippen MR) is 107 cm³/mol. The molecule has 7 heteroatoms. The Morgan fingerprint density at radius 2 is 1.89 bits per heavy atom. The number of amides is 2. The molecule has 0 aliphatic carbocycles. The molecule has 1 saturated heterocycles. The molecule has 1 aliphatic heterocycles. The van der Waals surface area contributed by atoms with E-state index in [2.05, 4.69) is 15.5 Å². The first kappa shape index (κ1) is 18.0. The molecule has 1 fully saturated rings. The molecule has 144 valence electrons. The molecule has 7 nitrogen and oxygen atoms in total. The number of carbonyl (C=O) groups excluding carboxylic acids is 2. The van der Waals surface area contributed by atoms with Crippen LogP contribution in [-0.2, 0) is 11.2 Å². The Morgan fingerprint density at radius 1 is 1.14 bits per heavy atom. The Labute approximate surface area is 162 Å². The van der Waals surface area contributed by atoms with E-state index >= 15 is 0 Å². The topological polar surface area (TPSA) is 87.3 Å². The number of H-pyrrole nitrogens is 1. The number of anilines is 1. The van der Waals surface area contributed by atoms with Crippen LogP contribution in [0.5, 0.6) is 5.75 Å². The molecule has 2 heterocycles. The van der Waals surface area contributed by atoms with E-state index in [4.69, 9.17) is 4.74 Å². The Balaban J connectivity index is 1.44. The molecule has 0 radical (unpaired) electrons. The number of nitrogens with zero attached hydrogens (tertiary/aromatic N) is 2. The highest BCUT2D eigenvalue weighted by Crippen LogP contribution is 2.23. The first-order chi connectivity index (χ1) is 13.6. The summed E-state index contributed by atoms with van der Waals surface area (Å²) in [7, 11) is 1.58. The second kappa shape index (κ2) is 7.72. The lowest BCUT2D eigenvalue weighted by Crippen LogP contribution is -2.29.